The van der Waals surface area contributed by atoms with Gasteiger partial charge in [0.2, 0.25) is 0 Å². The van der Waals surface area contributed by atoms with Crippen LogP contribution >= 0.6 is 0 Å². The summed E-state index contributed by atoms with van der Waals surface area (Å²) in [5.41, 5.74) is 0.385. The first-order valence-electron chi connectivity index (χ1n) is 5.26. The van der Waals surface area contributed by atoms with Crippen molar-refractivity contribution in [2.75, 3.05) is 0 Å². The molecule has 1 N–H and O–H groups in total. The lowest BCUT2D eigenvalue weighted by Gasteiger charge is -2.16. The summed E-state index contributed by atoms with van der Waals surface area (Å²) in [6.07, 6.45) is 2.84. The summed E-state index contributed by atoms with van der Waals surface area (Å²) < 4.78 is 1.78. The van der Waals surface area contributed by atoms with Crippen LogP contribution in [0.2, 0.25) is 0 Å². The molecule has 3 heteroatoms. The van der Waals surface area contributed by atoms with Crippen molar-refractivity contribution in [3.05, 3.63) is 18.0 Å². The van der Waals surface area contributed by atoms with Crippen molar-refractivity contribution in [3.8, 4) is 0 Å². The lowest BCUT2D eigenvalue weighted by atomic mass is 10.1. The average Bonchev–Trinajstić information content (AvgIpc) is 2.53. The number of aliphatic hydroxyl groups is 1. The van der Waals surface area contributed by atoms with Gasteiger partial charge in [-0.2, -0.15) is 5.10 Å². The molecule has 1 aromatic rings. The minimum absolute atomic E-state index is 0.549. The molecular formula is C11H22N2O. The third kappa shape index (κ3) is 5.02. The van der Waals surface area contributed by atoms with E-state index in [2.05, 4.69) is 12.0 Å². The standard InChI is InChI=1S/C9H16N2O.C2H6/c1-4-8-5-6-11(10-8)7-9(2,3)12;1-2/h5-6,12H,4,7H2,1-3H3;1-2H3. The summed E-state index contributed by atoms with van der Waals surface area (Å²) in [6.45, 7) is 10.2. The summed E-state index contributed by atoms with van der Waals surface area (Å²) in [4.78, 5) is 0. The summed E-state index contributed by atoms with van der Waals surface area (Å²) in [5.74, 6) is 0. The van der Waals surface area contributed by atoms with E-state index in [-0.39, 0.29) is 0 Å². The minimum Gasteiger partial charge on any atom is -0.389 e. The number of aryl methyl sites for hydroxylation is 1. The Morgan fingerprint density at radius 2 is 2.00 bits per heavy atom. The first-order chi connectivity index (χ1) is 6.51. The SMILES string of the molecule is CC.CCc1ccn(CC(C)(C)O)n1. The van der Waals surface area contributed by atoms with Gasteiger partial charge in [-0.3, -0.25) is 4.68 Å². The van der Waals surface area contributed by atoms with Crippen molar-refractivity contribution in [1.29, 1.82) is 0 Å². The summed E-state index contributed by atoms with van der Waals surface area (Å²) in [7, 11) is 0. The van der Waals surface area contributed by atoms with Crippen molar-refractivity contribution in [2.24, 2.45) is 0 Å². The van der Waals surface area contributed by atoms with Gasteiger partial charge in [0.15, 0.2) is 0 Å². The summed E-state index contributed by atoms with van der Waals surface area (Å²) in [6, 6.07) is 1.98. The number of nitrogens with zero attached hydrogens (tertiary/aromatic N) is 2. The second-order valence-electron chi connectivity index (χ2n) is 3.67. The first kappa shape index (κ1) is 13.2. The molecule has 1 rings (SSSR count). The molecule has 0 aliphatic heterocycles. The van der Waals surface area contributed by atoms with E-state index >= 15 is 0 Å². The maximum absolute atomic E-state index is 9.49. The third-order valence-electron chi connectivity index (χ3n) is 1.61. The zero-order valence-corrected chi connectivity index (χ0v) is 9.91. The highest BCUT2D eigenvalue weighted by molar-refractivity contribution is 4.98. The van der Waals surface area contributed by atoms with Crippen LogP contribution in [0, 0.1) is 0 Å². The summed E-state index contributed by atoms with van der Waals surface area (Å²) >= 11 is 0. The van der Waals surface area contributed by atoms with Gasteiger partial charge < -0.3 is 5.11 Å². The number of hydrogen-bond donors (Lipinski definition) is 1. The molecular weight excluding hydrogens is 176 g/mol. The quantitative estimate of drug-likeness (QED) is 0.809. The molecule has 0 saturated heterocycles. The Morgan fingerprint density at radius 1 is 1.43 bits per heavy atom. The van der Waals surface area contributed by atoms with E-state index in [1.165, 1.54) is 0 Å². The summed E-state index contributed by atoms with van der Waals surface area (Å²) in [5, 5.41) is 13.8. The number of rotatable bonds is 3. The molecule has 82 valence electrons. The van der Waals surface area contributed by atoms with Crippen LogP contribution in [-0.2, 0) is 13.0 Å². The molecule has 14 heavy (non-hydrogen) atoms. The monoisotopic (exact) mass is 198 g/mol. The van der Waals surface area contributed by atoms with E-state index in [0.29, 0.717) is 6.54 Å². The van der Waals surface area contributed by atoms with Crippen molar-refractivity contribution < 1.29 is 5.11 Å². The van der Waals surface area contributed by atoms with Crippen LogP contribution < -0.4 is 0 Å². The van der Waals surface area contributed by atoms with Crippen LogP contribution in [0.15, 0.2) is 12.3 Å². The normalized spacial score (nSPS) is 10.7. The molecule has 3 nitrogen and oxygen atoms in total. The molecule has 1 aromatic heterocycles. The lowest BCUT2D eigenvalue weighted by molar-refractivity contribution is 0.0576. The van der Waals surface area contributed by atoms with Crippen molar-refractivity contribution in [1.82, 2.24) is 9.78 Å². The molecule has 0 amide bonds. The predicted octanol–water partition coefficient (Wildman–Crippen LogP) is 2.24. The fourth-order valence-electron chi connectivity index (χ4n) is 1.08. The van der Waals surface area contributed by atoms with Gasteiger partial charge in [-0.1, -0.05) is 20.8 Å². The van der Waals surface area contributed by atoms with E-state index in [1.54, 1.807) is 18.5 Å². The molecule has 0 atom stereocenters. The molecule has 0 saturated carbocycles. The second kappa shape index (κ2) is 5.81. The Kier molecular flexibility index (Phi) is 5.46. The van der Waals surface area contributed by atoms with Crippen molar-refractivity contribution in [3.63, 3.8) is 0 Å². The van der Waals surface area contributed by atoms with Gasteiger partial charge in [0.25, 0.3) is 0 Å². The maximum Gasteiger partial charge on any atom is 0.0786 e. The first-order valence-corrected chi connectivity index (χ1v) is 5.26. The van der Waals surface area contributed by atoms with Gasteiger partial charge >= 0.3 is 0 Å². The highest BCUT2D eigenvalue weighted by atomic mass is 16.3. The Bertz CT molecular complexity index is 248. The Hall–Kier alpha value is -0.830. The molecule has 0 radical (unpaired) electrons. The fourth-order valence-corrected chi connectivity index (χ4v) is 1.08. The second-order valence-corrected chi connectivity index (χ2v) is 3.67. The van der Waals surface area contributed by atoms with Gasteiger partial charge in [-0.25, -0.2) is 0 Å². The van der Waals surface area contributed by atoms with Crippen LogP contribution in [0.4, 0.5) is 0 Å². The zero-order valence-electron chi connectivity index (χ0n) is 9.91. The molecule has 0 unspecified atom stereocenters. The third-order valence-corrected chi connectivity index (χ3v) is 1.61. The highest BCUT2D eigenvalue weighted by Gasteiger charge is 2.13. The molecule has 0 spiro atoms. The lowest BCUT2D eigenvalue weighted by Crippen LogP contribution is -2.26. The smallest absolute Gasteiger partial charge is 0.0786 e. The van der Waals surface area contributed by atoms with Crippen LogP contribution in [0.3, 0.4) is 0 Å². The Morgan fingerprint density at radius 3 is 2.36 bits per heavy atom. The number of aromatic nitrogens is 2. The zero-order chi connectivity index (χ0) is 11.2. The van der Waals surface area contributed by atoms with E-state index < -0.39 is 5.60 Å². The van der Waals surface area contributed by atoms with E-state index in [9.17, 15) is 5.11 Å². The topological polar surface area (TPSA) is 38.0 Å². The van der Waals surface area contributed by atoms with E-state index in [1.807, 2.05) is 26.1 Å². The minimum atomic E-state index is -0.684. The van der Waals surface area contributed by atoms with Gasteiger partial charge in [0.1, 0.15) is 0 Å². The molecule has 1 heterocycles. The molecule has 0 aromatic carbocycles. The van der Waals surface area contributed by atoms with Crippen molar-refractivity contribution >= 4 is 0 Å². The van der Waals surface area contributed by atoms with Crippen molar-refractivity contribution in [2.45, 2.75) is 53.2 Å². The highest BCUT2D eigenvalue weighted by Crippen LogP contribution is 2.05. The van der Waals surface area contributed by atoms with Crippen LogP contribution in [0.25, 0.3) is 0 Å². The largest absolute Gasteiger partial charge is 0.389 e. The van der Waals surface area contributed by atoms with E-state index in [0.717, 1.165) is 12.1 Å². The molecule has 0 aliphatic carbocycles. The predicted molar refractivity (Wildman–Crippen MR) is 59.3 cm³/mol. The van der Waals surface area contributed by atoms with E-state index in [4.69, 9.17) is 0 Å². The molecule has 0 aliphatic rings. The Balaban J connectivity index is 0.000000791. The number of hydrogen-bond acceptors (Lipinski definition) is 2. The average molecular weight is 198 g/mol. The van der Waals surface area contributed by atoms with Gasteiger partial charge in [-0.15, -0.1) is 0 Å². The maximum atomic E-state index is 9.49. The molecule has 0 fully saturated rings. The van der Waals surface area contributed by atoms with Gasteiger partial charge in [0, 0.05) is 6.20 Å². The molecule has 0 bridgehead atoms. The fraction of sp³-hybridized carbons (Fsp3) is 0.727. The van der Waals surface area contributed by atoms with Crippen LogP contribution in [0.5, 0.6) is 0 Å². The Labute approximate surface area is 86.8 Å². The van der Waals surface area contributed by atoms with Gasteiger partial charge in [0.05, 0.1) is 17.8 Å². The van der Waals surface area contributed by atoms with Crippen LogP contribution in [0.1, 0.15) is 40.3 Å². The van der Waals surface area contributed by atoms with Crippen LogP contribution in [-0.4, -0.2) is 20.5 Å². The van der Waals surface area contributed by atoms with Gasteiger partial charge in [-0.05, 0) is 26.3 Å².